The molecule has 0 spiro atoms. The Labute approximate surface area is 108 Å². The van der Waals surface area contributed by atoms with Crippen LogP contribution in [0.4, 0.5) is 13.2 Å². The molecule has 1 rings (SSSR count). The summed E-state index contributed by atoms with van der Waals surface area (Å²) in [6.45, 7) is -1.12. The fraction of sp³-hybridized carbons (Fsp3) is 0.818. The van der Waals surface area contributed by atoms with Gasteiger partial charge in [-0.05, 0) is 25.7 Å². The maximum atomic E-state index is 12.4. The molecule has 1 saturated carbocycles. The Hall–Kier alpha value is -1.31. The van der Waals surface area contributed by atoms with Crippen molar-refractivity contribution in [2.45, 2.75) is 32.0 Å². The van der Waals surface area contributed by atoms with E-state index >= 15 is 0 Å². The Morgan fingerprint density at radius 1 is 1.37 bits per heavy atom. The Bertz CT molecular complexity index is 341. The highest BCUT2D eigenvalue weighted by atomic mass is 19.4. The van der Waals surface area contributed by atoms with Crippen LogP contribution in [0.2, 0.25) is 0 Å². The molecule has 0 bridgehead atoms. The van der Waals surface area contributed by atoms with Crippen molar-refractivity contribution in [1.29, 1.82) is 0 Å². The molecule has 1 aliphatic carbocycles. The number of aliphatic carboxylic acids is 1. The highest BCUT2D eigenvalue weighted by molar-refractivity contribution is 5.78. The maximum Gasteiger partial charge on any atom is 0.406 e. The van der Waals surface area contributed by atoms with E-state index in [2.05, 4.69) is 4.74 Å². The minimum Gasteiger partial charge on any atom is -0.480 e. The Morgan fingerprint density at radius 3 is 2.37 bits per heavy atom. The summed E-state index contributed by atoms with van der Waals surface area (Å²) >= 11 is 0. The van der Waals surface area contributed by atoms with E-state index in [4.69, 9.17) is 5.11 Å². The number of halogens is 3. The van der Waals surface area contributed by atoms with Crippen LogP contribution in [0.1, 0.15) is 19.8 Å². The average Bonchev–Trinajstić information content (AvgIpc) is 3.06. The van der Waals surface area contributed by atoms with E-state index in [1.54, 1.807) is 6.92 Å². The third kappa shape index (κ3) is 5.91. The number of carbonyl (C=O) groups excluding carboxylic acids is 1. The van der Waals surface area contributed by atoms with Crippen molar-refractivity contribution < 1.29 is 32.6 Å². The summed E-state index contributed by atoms with van der Waals surface area (Å²) in [5, 5.41) is 8.33. The second kappa shape index (κ2) is 6.23. The predicted octanol–water partition coefficient (Wildman–Crippen LogP) is 1.28. The minimum absolute atomic E-state index is 0.0887. The summed E-state index contributed by atoms with van der Waals surface area (Å²) in [7, 11) is 0. The molecule has 1 fully saturated rings. The van der Waals surface area contributed by atoms with Gasteiger partial charge in [0.05, 0.1) is 0 Å². The van der Waals surface area contributed by atoms with Crippen LogP contribution in [0, 0.1) is 5.92 Å². The molecule has 0 saturated heterocycles. The lowest BCUT2D eigenvalue weighted by molar-refractivity contribution is -0.169. The standard InChI is InChI=1S/C11H16F3NO4/c1-7(8-2-3-8)15(6-11(12,13)14)9(16)4-19-5-10(17)18/h7-8H,2-6H2,1H3,(H,17,18). The molecule has 1 unspecified atom stereocenters. The molecule has 0 heterocycles. The van der Waals surface area contributed by atoms with Gasteiger partial charge in [0.15, 0.2) is 0 Å². The second-order valence-electron chi connectivity index (χ2n) is 4.60. The molecule has 110 valence electrons. The van der Waals surface area contributed by atoms with Gasteiger partial charge in [-0.2, -0.15) is 13.2 Å². The lowest BCUT2D eigenvalue weighted by atomic mass is 10.2. The van der Waals surface area contributed by atoms with Crippen LogP contribution >= 0.6 is 0 Å². The van der Waals surface area contributed by atoms with E-state index in [1.165, 1.54) is 0 Å². The fourth-order valence-electron chi connectivity index (χ4n) is 1.79. The molecule has 1 aliphatic rings. The summed E-state index contributed by atoms with van der Waals surface area (Å²) < 4.78 is 41.8. The quantitative estimate of drug-likeness (QED) is 0.764. The van der Waals surface area contributed by atoms with E-state index in [1.807, 2.05) is 0 Å². The van der Waals surface area contributed by atoms with Crippen molar-refractivity contribution in [2.75, 3.05) is 19.8 Å². The highest BCUT2D eigenvalue weighted by Crippen LogP contribution is 2.36. The van der Waals surface area contributed by atoms with E-state index in [9.17, 15) is 22.8 Å². The summed E-state index contributed by atoms with van der Waals surface area (Å²) in [6.07, 6.45) is -2.87. The number of ether oxygens (including phenoxy) is 1. The number of alkyl halides is 3. The largest absolute Gasteiger partial charge is 0.480 e. The van der Waals surface area contributed by atoms with Crippen LogP contribution in [0.3, 0.4) is 0 Å². The Morgan fingerprint density at radius 2 is 1.95 bits per heavy atom. The first kappa shape index (κ1) is 15.7. The zero-order chi connectivity index (χ0) is 14.6. The third-order valence-electron chi connectivity index (χ3n) is 2.92. The van der Waals surface area contributed by atoms with Crippen LogP contribution in [0.25, 0.3) is 0 Å². The number of amides is 1. The predicted molar refractivity (Wildman–Crippen MR) is 58.4 cm³/mol. The van der Waals surface area contributed by atoms with Crippen molar-refractivity contribution in [2.24, 2.45) is 5.92 Å². The first-order chi connectivity index (χ1) is 8.70. The maximum absolute atomic E-state index is 12.4. The van der Waals surface area contributed by atoms with Gasteiger partial charge >= 0.3 is 12.1 Å². The van der Waals surface area contributed by atoms with Gasteiger partial charge in [0.1, 0.15) is 19.8 Å². The summed E-state index contributed by atoms with van der Waals surface area (Å²) in [4.78, 5) is 22.6. The molecular weight excluding hydrogens is 267 g/mol. The van der Waals surface area contributed by atoms with Gasteiger partial charge in [-0.3, -0.25) is 4.79 Å². The monoisotopic (exact) mass is 283 g/mol. The Kier molecular flexibility index (Phi) is 5.16. The van der Waals surface area contributed by atoms with Crippen LogP contribution in [-0.2, 0) is 14.3 Å². The number of carboxylic acids is 1. The van der Waals surface area contributed by atoms with Crippen molar-refractivity contribution in [3.05, 3.63) is 0 Å². The van der Waals surface area contributed by atoms with Crippen LogP contribution in [0.15, 0.2) is 0 Å². The number of nitrogens with zero attached hydrogens (tertiary/aromatic N) is 1. The van der Waals surface area contributed by atoms with Gasteiger partial charge in [0, 0.05) is 6.04 Å². The van der Waals surface area contributed by atoms with Gasteiger partial charge < -0.3 is 14.7 Å². The van der Waals surface area contributed by atoms with Crippen molar-refractivity contribution in [3.63, 3.8) is 0 Å². The average molecular weight is 283 g/mol. The first-order valence-electron chi connectivity index (χ1n) is 5.86. The molecule has 5 nitrogen and oxygen atoms in total. The van der Waals surface area contributed by atoms with Crippen LogP contribution in [-0.4, -0.2) is 53.9 Å². The first-order valence-corrected chi connectivity index (χ1v) is 5.86. The fourth-order valence-corrected chi connectivity index (χ4v) is 1.79. The van der Waals surface area contributed by atoms with E-state index in [-0.39, 0.29) is 5.92 Å². The molecule has 19 heavy (non-hydrogen) atoms. The molecule has 0 aliphatic heterocycles. The lowest BCUT2D eigenvalue weighted by Crippen LogP contribution is -2.47. The van der Waals surface area contributed by atoms with Gasteiger partial charge in [-0.1, -0.05) is 0 Å². The van der Waals surface area contributed by atoms with Crippen molar-refractivity contribution in [3.8, 4) is 0 Å². The van der Waals surface area contributed by atoms with E-state index in [0.29, 0.717) is 0 Å². The number of rotatable bonds is 7. The zero-order valence-electron chi connectivity index (χ0n) is 10.4. The molecule has 0 aromatic rings. The SMILES string of the molecule is CC(C1CC1)N(CC(F)(F)F)C(=O)COCC(=O)O. The summed E-state index contributed by atoms with van der Waals surface area (Å²) in [6, 6.07) is -0.512. The molecule has 1 atom stereocenters. The van der Waals surface area contributed by atoms with Crippen molar-refractivity contribution >= 4 is 11.9 Å². The van der Waals surface area contributed by atoms with Crippen LogP contribution < -0.4 is 0 Å². The Balaban J connectivity index is 2.56. The summed E-state index contributed by atoms with van der Waals surface area (Å²) in [5.74, 6) is -2.02. The smallest absolute Gasteiger partial charge is 0.406 e. The molecule has 1 amide bonds. The number of carbonyl (C=O) groups is 2. The number of hydrogen-bond donors (Lipinski definition) is 1. The molecule has 0 aromatic heterocycles. The van der Waals surface area contributed by atoms with Gasteiger partial charge in [0.25, 0.3) is 0 Å². The molecule has 8 heteroatoms. The topological polar surface area (TPSA) is 66.8 Å². The molecule has 0 aromatic carbocycles. The van der Waals surface area contributed by atoms with Gasteiger partial charge in [-0.15, -0.1) is 0 Å². The zero-order valence-corrected chi connectivity index (χ0v) is 10.4. The number of hydrogen-bond acceptors (Lipinski definition) is 3. The van der Waals surface area contributed by atoms with Crippen molar-refractivity contribution in [1.82, 2.24) is 4.90 Å². The summed E-state index contributed by atoms with van der Waals surface area (Å²) in [5.41, 5.74) is 0. The molecular formula is C11H16F3NO4. The highest BCUT2D eigenvalue weighted by Gasteiger charge is 2.40. The minimum atomic E-state index is -4.48. The molecule has 1 N–H and O–H groups in total. The van der Waals surface area contributed by atoms with Gasteiger partial charge in [-0.25, -0.2) is 4.79 Å². The third-order valence-corrected chi connectivity index (χ3v) is 2.92. The lowest BCUT2D eigenvalue weighted by Gasteiger charge is -2.30. The van der Waals surface area contributed by atoms with E-state index in [0.717, 1.165) is 17.7 Å². The second-order valence-corrected chi connectivity index (χ2v) is 4.60. The number of carboxylic acid groups (broad SMARTS) is 1. The molecule has 0 radical (unpaired) electrons. The van der Waals surface area contributed by atoms with E-state index < -0.39 is 43.9 Å². The van der Waals surface area contributed by atoms with Gasteiger partial charge in [0.2, 0.25) is 5.91 Å². The van der Waals surface area contributed by atoms with Crippen LogP contribution in [0.5, 0.6) is 0 Å². The normalized spacial score (nSPS) is 17.1.